The van der Waals surface area contributed by atoms with Gasteiger partial charge in [-0.05, 0) is 43.7 Å². The molecule has 4 rings (SSSR count). The van der Waals surface area contributed by atoms with Gasteiger partial charge in [0, 0.05) is 10.4 Å². The summed E-state index contributed by atoms with van der Waals surface area (Å²) < 4.78 is 5.86. The van der Waals surface area contributed by atoms with E-state index in [1.807, 2.05) is 19.9 Å². The Hall–Kier alpha value is -2.08. The molecule has 25 heavy (non-hydrogen) atoms. The van der Waals surface area contributed by atoms with Gasteiger partial charge in [-0.15, -0.1) is 11.3 Å². The maximum Gasteiger partial charge on any atom is 0.260 e. The molecule has 3 heterocycles. The second kappa shape index (κ2) is 6.02. The zero-order chi connectivity index (χ0) is 17.7. The van der Waals surface area contributed by atoms with Crippen molar-refractivity contribution >= 4 is 44.8 Å². The van der Waals surface area contributed by atoms with E-state index in [1.165, 1.54) is 11.3 Å². The highest BCUT2D eigenvalue weighted by Gasteiger charge is 2.16. The number of aryl methyl sites for hydroxylation is 2. The number of furan rings is 1. The number of aromatic nitrogens is 2. The van der Waals surface area contributed by atoms with Crippen LogP contribution in [-0.4, -0.2) is 9.97 Å². The highest BCUT2D eigenvalue weighted by atomic mass is 35.5. The van der Waals surface area contributed by atoms with Crippen LogP contribution in [0.5, 0.6) is 0 Å². The first kappa shape index (κ1) is 16.4. The third-order valence-corrected chi connectivity index (χ3v) is 6.02. The van der Waals surface area contributed by atoms with E-state index in [2.05, 4.69) is 9.97 Å². The van der Waals surface area contributed by atoms with Crippen LogP contribution in [0.15, 0.2) is 39.5 Å². The number of benzene rings is 1. The first-order chi connectivity index (χ1) is 12.0. The van der Waals surface area contributed by atoms with Crippen molar-refractivity contribution < 1.29 is 4.42 Å². The lowest BCUT2D eigenvalue weighted by Crippen LogP contribution is -2.08. The van der Waals surface area contributed by atoms with Crippen LogP contribution in [0.3, 0.4) is 0 Å². The first-order valence-electron chi connectivity index (χ1n) is 7.50. The molecule has 3 aromatic heterocycles. The summed E-state index contributed by atoms with van der Waals surface area (Å²) in [5.74, 6) is 1.42. The fourth-order valence-corrected chi connectivity index (χ4v) is 4.10. The predicted molar refractivity (Wildman–Crippen MR) is 103 cm³/mol. The van der Waals surface area contributed by atoms with Crippen LogP contribution in [0, 0.1) is 13.8 Å². The number of aromatic amines is 1. The molecule has 0 amide bonds. The zero-order valence-corrected chi connectivity index (χ0v) is 15.6. The van der Waals surface area contributed by atoms with Crippen LogP contribution in [0.25, 0.3) is 33.1 Å². The molecule has 126 valence electrons. The summed E-state index contributed by atoms with van der Waals surface area (Å²) >= 11 is 13.8. The monoisotopic (exact) mass is 390 g/mol. The van der Waals surface area contributed by atoms with Gasteiger partial charge in [-0.2, -0.15) is 0 Å². The van der Waals surface area contributed by atoms with Crippen molar-refractivity contribution in [3.63, 3.8) is 0 Å². The topological polar surface area (TPSA) is 58.9 Å². The van der Waals surface area contributed by atoms with E-state index < -0.39 is 0 Å². The van der Waals surface area contributed by atoms with Crippen molar-refractivity contribution in [3.05, 3.63) is 61.2 Å². The van der Waals surface area contributed by atoms with Gasteiger partial charge in [0.1, 0.15) is 10.6 Å². The SMILES string of the molecule is Cc1sc2nc(-c3ccc(-c4cccc(Cl)c4Cl)o3)[nH]c(=O)c2c1C. The number of thiophene rings is 1. The average Bonchev–Trinajstić information content (AvgIpc) is 3.16. The molecule has 0 radical (unpaired) electrons. The quantitative estimate of drug-likeness (QED) is 0.467. The Morgan fingerprint density at radius 3 is 2.68 bits per heavy atom. The van der Waals surface area contributed by atoms with E-state index in [4.69, 9.17) is 27.6 Å². The normalized spacial score (nSPS) is 11.4. The molecule has 0 bridgehead atoms. The summed E-state index contributed by atoms with van der Waals surface area (Å²) in [5.41, 5.74) is 1.48. The Labute approximate surface area is 157 Å². The minimum Gasteiger partial charge on any atom is -0.453 e. The molecule has 0 saturated heterocycles. The summed E-state index contributed by atoms with van der Waals surface area (Å²) in [5, 5.41) is 1.51. The standard InChI is InChI=1S/C18H12Cl2N2O2S/c1-8-9(2)25-18-14(8)17(23)21-16(22-18)13-7-6-12(24-13)10-4-3-5-11(19)15(10)20/h3-7H,1-2H3,(H,21,22,23). The van der Waals surface area contributed by atoms with E-state index in [0.29, 0.717) is 43.2 Å². The van der Waals surface area contributed by atoms with Crippen LogP contribution in [-0.2, 0) is 0 Å². The third kappa shape index (κ3) is 2.68. The number of hydrogen-bond donors (Lipinski definition) is 1. The van der Waals surface area contributed by atoms with Crippen LogP contribution in [0.2, 0.25) is 10.0 Å². The number of nitrogens with one attached hydrogen (secondary N) is 1. The second-order valence-corrected chi connectivity index (χ2v) is 7.63. The average molecular weight is 391 g/mol. The summed E-state index contributed by atoms with van der Waals surface area (Å²) in [6.45, 7) is 3.91. The van der Waals surface area contributed by atoms with Gasteiger partial charge in [0.2, 0.25) is 0 Å². The Morgan fingerprint density at radius 2 is 1.88 bits per heavy atom. The van der Waals surface area contributed by atoms with Gasteiger partial charge in [0.15, 0.2) is 11.6 Å². The number of halogens is 2. The highest BCUT2D eigenvalue weighted by molar-refractivity contribution is 7.18. The molecule has 1 N–H and O–H groups in total. The molecule has 0 spiro atoms. The molecule has 0 aliphatic carbocycles. The van der Waals surface area contributed by atoms with Crippen molar-refractivity contribution in [2.45, 2.75) is 13.8 Å². The maximum absolute atomic E-state index is 12.4. The lowest BCUT2D eigenvalue weighted by atomic mass is 10.2. The minimum absolute atomic E-state index is 0.166. The molecular weight excluding hydrogens is 379 g/mol. The molecule has 4 nitrogen and oxygen atoms in total. The smallest absolute Gasteiger partial charge is 0.260 e. The van der Waals surface area contributed by atoms with Crippen molar-refractivity contribution in [3.8, 4) is 22.9 Å². The highest BCUT2D eigenvalue weighted by Crippen LogP contribution is 2.36. The number of H-pyrrole nitrogens is 1. The van der Waals surface area contributed by atoms with E-state index in [1.54, 1.807) is 24.3 Å². The van der Waals surface area contributed by atoms with Gasteiger partial charge in [-0.3, -0.25) is 4.79 Å². The van der Waals surface area contributed by atoms with Gasteiger partial charge < -0.3 is 9.40 Å². The van der Waals surface area contributed by atoms with E-state index in [0.717, 1.165) is 10.4 Å². The largest absolute Gasteiger partial charge is 0.453 e. The summed E-state index contributed by atoms with van der Waals surface area (Å²) in [7, 11) is 0. The van der Waals surface area contributed by atoms with Crippen molar-refractivity contribution in [1.29, 1.82) is 0 Å². The number of fused-ring (bicyclic) bond motifs is 1. The fourth-order valence-electron chi connectivity index (χ4n) is 2.68. The van der Waals surface area contributed by atoms with Gasteiger partial charge in [-0.1, -0.05) is 29.3 Å². The van der Waals surface area contributed by atoms with Crippen molar-refractivity contribution in [2.75, 3.05) is 0 Å². The predicted octanol–water partition coefficient (Wildman–Crippen LogP) is 5.84. The Kier molecular flexibility index (Phi) is 3.95. The Bertz CT molecular complexity index is 1170. The van der Waals surface area contributed by atoms with Gasteiger partial charge in [0.05, 0.1) is 15.4 Å². The molecule has 7 heteroatoms. The number of rotatable bonds is 2. The summed E-state index contributed by atoms with van der Waals surface area (Å²) in [6, 6.07) is 8.87. The van der Waals surface area contributed by atoms with Crippen LogP contribution in [0.4, 0.5) is 0 Å². The molecule has 1 aromatic carbocycles. The van der Waals surface area contributed by atoms with E-state index in [-0.39, 0.29) is 5.56 Å². The number of hydrogen-bond acceptors (Lipinski definition) is 4. The maximum atomic E-state index is 12.4. The van der Waals surface area contributed by atoms with Gasteiger partial charge in [0.25, 0.3) is 5.56 Å². The molecule has 0 aliphatic heterocycles. The molecule has 0 aliphatic rings. The molecule has 0 saturated carbocycles. The van der Waals surface area contributed by atoms with Crippen LogP contribution in [0.1, 0.15) is 10.4 Å². The molecular formula is C18H12Cl2N2O2S. The first-order valence-corrected chi connectivity index (χ1v) is 9.07. The van der Waals surface area contributed by atoms with Crippen LogP contribution < -0.4 is 5.56 Å². The third-order valence-electron chi connectivity index (χ3n) is 4.10. The lowest BCUT2D eigenvalue weighted by Gasteiger charge is -2.02. The zero-order valence-electron chi connectivity index (χ0n) is 13.3. The fraction of sp³-hybridized carbons (Fsp3) is 0.111. The minimum atomic E-state index is -0.166. The van der Waals surface area contributed by atoms with Crippen LogP contribution >= 0.6 is 34.5 Å². The second-order valence-electron chi connectivity index (χ2n) is 5.64. The van der Waals surface area contributed by atoms with Crippen molar-refractivity contribution in [1.82, 2.24) is 9.97 Å². The van der Waals surface area contributed by atoms with Crippen molar-refractivity contribution in [2.24, 2.45) is 0 Å². The van der Waals surface area contributed by atoms with Gasteiger partial charge in [-0.25, -0.2) is 4.98 Å². The molecule has 4 aromatic rings. The Balaban J connectivity index is 1.84. The van der Waals surface area contributed by atoms with Gasteiger partial charge >= 0.3 is 0 Å². The molecule has 0 atom stereocenters. The summed E-state index contributed by atoms with van der Waals surface area (Å²) in [6.07, 6.45) is 0. The lowest BCUT2D eigenvalue weighted by molar-refractivity contribution is 0.592. The van der Waals surface area contributed by atoms with E-state index in [9.17, 15) is 4.79 Å². The van der Waals surface area contributed by atoms with E-state index >= 15 is 0 Å². The molecule has 0 fully saturated rings. The molecule has 0 unspecified atom stereocenters. The summed E-state index contributed by atoms with van der Waals surface area (Å²) in [4.78, 5) is 21.5. The Morgan fingerprint density at radius 1 is 1.12 bits per heavy atom. The number of nitrogens with zero attached hydrogens (tertiary/aromatic N) is 1.